The number of ether oxygens (including phenoxy) is 1. The Labute approximate surface area is 183 Å². The van der Waals surface area contributed by atoms with Crippen LogP contribution < -0.4 is 15.7 Å². The van der Waals surface area contributed by atoms with Crippen LogP contribution in [-0.4, -0.2) is 37.2 Å². The lowest BCUT2D eigenvalue weighted by Gasteiger charge is -2.18. The topological polar surface area (TPSA) is 124 Å². The second-order valence-electron chi connectivity index (χ2n) is 6.88. The highest BCUT2D eigenvalue weighted by molar-refractivity contribution is 6.04. The molecular formula is C22H22N6O4. The molecule has 0 aliphatic rings. The summed E-state index contributed by atoms with van der Waals surface area (Å²) in [6.07, 6.45) is 4.65. The Morgan fingerprint density at radius 3 is 2.72 bits per heavy atom. The smallest absolute Gasteiger partial charge is 0.346 e. The number of fused-ring (bicyclic) bond motifs is 1. The number of imidazole rings is 1. The molecule has 0 bridgehead atoms. The Hall–Kier alpha value is -4.21. The minimum Gasteiger partial charge on any atom is -0.462 e. The van der Waals surface area contributed by atoms with Crippen LogP contribution in [0.25, 0.3) is 11.0 Å². The Balaban J connectivity index is 1.87. The number of aryl methyl sites for hydroxylation is 1. The minimum atomic E-state index is -0.762. The summed E-state index contributed by atoms with van der Waals surface area (Å²) in [5.41, 5.74) is 1.09. The van der Waals surface area contributed by atoms with Gasteiger partial charge in [0.25, 0.3) is 0 Å². The van der Waals surface area contributed by atoms with Gasteiger partial charge in [-0.05, 0) is 19.4 Å². The zero-order chi connectivity index (χ0) is 22.5. The molecule has 2 N–H and O–H groups in total. The molecule has 0 saturated heterocycles. The molecular weight excluding hydrogens is 412 g/mol. The van der Waals surface area contributed by atoms with Crippen molar-refractivity contribution in [2.45, 2.75) is 27.0 Å². The molecule has 3 heterocycles. The van der Waals surface area contributed by atoms with Crippen LogP contribution in [0.5, 0.6) is 0 Å². The molecule has 0 unspecified atom stereocenters. The molecule has 0 spiro atoms. The first-order valence-electron chi connectivity index (χ1n) is 10.1. The molecule has 1 aromatic carbocycles. The minimum absolute atomic E-state index is 0.111. The molecule has 0 fully saturated rings. The molecule has 0 aliphatic heterocycles. The van der Waals surface area contributed by atoms with E-state index in [1.807, 2.05) is 30.3 Å². The summed E-state index contributed by atoms with van der Waals surface area (Å²) in [4.78, 5) is 47.8. The summed E-state index contributed by atoms with van der Waals surface area (Å²) in [5.74, 6) is -0.131. The molecule has 0 saturated carbocycles. The third-order valence-electron chi connectivity index (χ3n) is 4.78. The Kier molecular flexibility index (Phi) is 6.11. The van der Waals surface area contributed by atoms with Crippen LogP contribution in [-0.2, 0) is 17.9 Å². The number of aromatic nitrogens is 5. The van der Waals surface area contributed by atoms with Crippen LogP contribution >= 0.6 is 0 Å². The van der Waals surface area contributed by atoms with Gasteiger partial charge in [-0.15, -0.1) is 4.73 Å². The Morgan fingerprint density at radius 1 is 1.19 bits per heavy atom. The number of anilines is 1. The number of rotatable bonds is 8. The van der Waals surface area contributed by atoms with Crippen molar-refractivity contribution in [2.75, 3.05) is 11.9 Å². The lowest BCUT2D eigenvalue weighted by molar-refractivity contribution is 0.0513. The average Bonchev–Trinajstić information content (AvgIpc) is 3.31. The number of benzene rings is 1. The quantitative estimate of drug-likeness (QED) is 0.405. The number of aromatic amines is 1. The van der Waals surface area contributed by atoms with E-state index in [1.54, 1.807) is 26.2 Å². The predicted octanol–water partition coefficient (Wildman–Crippen LogP) is 2.24. The standard InChI is InChI=1S/C22H22N6O4/c1-3-31-22(30)18-19(25-11-16-23-9-10-24-16)17-14(2)26-13-27-20(17)28(21(18)29)32-12-15-7-5-4-6-8-15/h4-10,13,25H,3,11-12H2,1-2H3,(H,23,24). The molecule has 10 heteroatoms. The van der Waals surface area contributed by atoms with E-state index in [1.165, 1.54) is 6.33 Å². The highest BCUT2D eigenvalue weighted by atomic mass is 16.7. The zero-order valence-electron chi connectivity index (χ0n) is 17.7. The van der Waals surface area contributed by atoms with Gasteiger partial charge in [0.1, 0.15) is 18.8 Å². The van der Waals surface area contributed by atoms with Crippen molar-refractivity contribution >= 4 is 22.7 Å². The molecule has 164 valence electrons. The second kappa shape index (κ2) is 9.29. The van der Waals surface area contributed by atoms with Crippen molar-refractivity contribution in [3.63, 3.8) is 0 Å². The van der Waals surface area contributed by atoms with E-state index >= 15 is 0 Å². The van der Waals surface area contributed by atoms with Crippen LogP contribution in [0.1, 0.15) is 34.4 Å². The summed E-state index contributed by atoms with van der Waals surface area (Å²) in [5, 5.41) is 3.62. The van der Waals surface area contributed by atoms with Crippen molar-refractivity contribution < 1.29 is 14.4 Å². The summed E-state index contributed by atoms with van der Waals surface area (Å²) in [7, 11) is 0. The van der Waals surface area contributed by atoms with E-state index in [4.69, 9.17) is 9.57 Å². The van der Waals surface area contributed by atoms with Crippen LogP contribution in [0.2, 0.25) is 0 Å². The van der Waals surface area contributed by atoms with Gasteiger partial charge in [-0.25, -0.2) is 19.7 Å². The van der Waals surface area contributed by atoms with Gasteiger partial charge in [0, 0.05) is 12.4 Å². The molecule has 3 aromatic heterocycles. The van der Waals surface area contributed by atoms with Gasteiger partial charge in [0.2, 0.25) is 0 Å². The zero-order valence-corrected chi connectivity index (χ0v) is 17.7. The number of pyridine rings is 1. The first-order valence-corrected chi connectivity index (χ1v) is 10.1. The largest absolute Gasteiger partial charge is 0.462 e. The molecule has 0 radical (unpaired) electrons. The van der Waals surface area contributed by atoms with Crippen LogP contribution in [0.4, 0.5) is 5.69 Å². The van der Waals surface area contributed by atoms with Gasteiger partial charge in [0.15, 0.2) is 11.2 Å². The Morgan fingerprint density at radius 2 is 2.00 bits per heavy atom. The lowest BCUT2D eigenvalue weighted by atomic mass is 10.1. The van der Waals surface area contributed by atoms with E-state index in [2.05, 4.69) is 25.3 Å². The van der Waals surface area contributed by atoms with E-state index in [9.17, 15) is 9.59 Å². The fourth-order valence-electron chi connectivity index (χ4n) is 3.31. The van der Waals surface area contributed by atoms with Crippen molar-refractivity contribution in [3.8, 4) is 0 Å². The molecule has 4 aromatic rings. The maximum Gasteiger partial charge on any atom is 0.346 e. The highest BCUT2D eigenvalue weighted by Crippen LogP contribution is 2.27. The predicted molar refractivity (Wildman–Crippen MR) is 117 cm³/mol. The van der Waals surface area contributed by atoms with Gasteiger partial charge in [-0.1, -0.05) is 30.3 Å². The van der Waals surface area contributed by atoms with Gasteiger partial charge < -0.3 is 19.9 Å². The number of carbonyl (C=O) groups excluding carboxylic acids is 1. The third-order valence-corrected chi connectivity index (χ3v) is 4.78. The summed E-state index contributed by atoms with van der Waals surface area (Å²) < 4.78 is 6.21. The summed E-state index contributed by atoms with van der Waals surface area (Å²) in [6, 6.07) is 9.38. The molecule has 0 aliphatic carbocycles. The first-order chi connectivity index (χ1) is 15.6. The molecule has 32 heavy (non-hydrogen) atoms. The normalized spacial score (nSPS) is 10.8. The highest BCUT2D eigenvalue weighted by Gasteiger charge is 2.26. The van der Waals surface area contributed by atoms with Gasteiger partial charge in [-0.2, -0.15) is 0 Å². The number of H-pyrrole nitrogens is 1. The van der Waals surface area contributed by atoms with Crippen molar-refractivity contribution in [1.82, 2.24) is 24.7 Å². The number of esters is 1. The summed E-state index contributed by atoms with van der Waals surface area (Å²) >= 11 is 0. The fraction of sp³-hybridized carbons (Fsp3) is 0.227. The van der Waals surface area contributed by atoms with E-state index in [0.29, 0.717) is 16.9 Å². The number of nitrogens with one attached hydrogen (secondary N) is 2. The maximum atomic E-state index is 13.4. The van der Waals surface area contributed by atoms with Crippen molar-refractivity contribution in [2.24, 2.45) is 0 Å². The van der Waals surface area contributed by atoms with Crippen LogP contribution in [0.3, 0.4) is 0 Å². The monoisotopic (exact) mass is 434 g/mol. The number of hydrogen-bond acceptors (Lipinski definition) is 8. The molecule has 0 amide bonds. The van der Waals surface area contributed by atoms with Crippen LogP contribution in [0.15, 0.2) is 53.8 Å². The van der Waals surface area contributed by atoms with E-state index in [-0.39, 0.29) is 36.7 Å². The fourth-order valence-corrected chi connectivity index (χ4v) is 3.31. The van der Waals surface area contributed by atoms with Gasteiger partial charge in [0.05, 0.1) is 29.9 Å². The van der Waals surface area contributed by atoms with Crippen molar-refractivity contribution in [1.29, 1.82) is 0 Å². The Bertz CT molecular complexity index is 1290. The van der Waals surface area contributed by atoms with Gasteiger partial charge in [-0.3, -0.25) is 4.79 Å². The second-order valence-corrected chi connectivity index (χ2v) is 6.88. The van der Waals surface area contributed by atoms with Crippen LogP contribution in [0, 0.1) is 6.92 Å². The SMILES string of the molecule is CCOC(=O)c1c(NCc2ncc[nH]2)c2c(C)ncnc2n(OCc2ccccc2)c1=O. The average molecular weight is 434 g/mol. The van der Waals surface area contributed by atoms with E-state index in [0.717, 1.165) is 10.3 Å². The molecule has 4 rings (SSSR count). The molecule has 0 atom stereocenters. The number of nitrogens with zero attached hydrogens (tertiary/aromatic N) is 4. The third kappa shape index (κ3) is 4.15. The lowest BCUT2D eigenvalue weighted by Crippen LogP contribution is -2.34. The maximum absolute atomic E-state index is 13.4. The number of carbonyl (C=O) groups is 1. The summed E-state index contributed by atoms with van der Waals surface area (Å²) in [6.45, 7) is 3.91. The van der Waals surface area contributed by atoms with Gasteiger partial charge >= 0.3 is 11.5 Å². The number of hydrogen-bond donors (Lipinski definition) is 2. The van der Waals surface area contributed by atoms with E-state index < -0.39 is 11.5 Å². The van der Waals surface area contributed by atoms with Crippen molar-refractivity contribution in [3.05, 3.63) is 82.1 Å². The molecule has 10 nitrogen and oxygen atoms in total. The first kappa shape index (κ1) is 21.0.